The summed E-state index contributed by atoms with van der Waals surface area (Å²) in [5, 5.41) is 0. The van der Waals surface area contributed by atoms with Crippen LogP contribution in [0.4, 0.5) is 0 Å². The smallest absolute Gasteiger partial charge is 0.254 e. The molecule has 0 atom stereocenters. The number of H-pyrrole nitrogens is 1. The van der Waals surface area contributed by atoms with Crippen molar-refractivity contribution in [3.05, 3.63) is 45.4 Å². The highest BCUT2D eigenvalue weighted by Crippen LogP contribution is 2.24. The van der Waals surface area contributed by atoms with Crippen LogP contribution >= 0.6 is 0 Å². The van der Waals surface area contributed by atoms with E-state index in [0.717, 1.165) is 28.1 Å². The maximum Gasteiger partial charge on any atom is 0.254 e. The average Bonchev–Trinajstić information content (AvgIpc) is 2.37. The first-order valence-electron chi connectivity index (χ1n) is 6.70. The zero-order valence-electron chi connectivity index (χ0n) is 12.6. The average molecular weight is 272 g/mol. The van der Waals surface area contributed by atoms with Gasteiger partial charge in [0.15, 0.2) is 0 Å². The molecule has 1 aromatic heterocycles. The number of ether oxygens (including phenoxy) is 1. The highest BCUT2D eigenvalue weighted by Gasteiger charge is 2.13. The fourth-order valence-corrected chi connectivity index (χ4v) is 2.44. The molecule has 0 amide bonds. The number of aromatic amines is 1. The summed E-state index contributed by atoms with van der Waals surface area (Å²) in [7, 11) is 1.64. The Morgan fingerprint density at radius 3 is 2.45 bits per heavy atom. The number of nitrogens with zero attached hydrogens (tertiary/aromatic N) is 1. The number of benzene rings is 1. The summed E-state index contributed by atoms with van der Waals surface area (Å²) in [4.78, 5) is 19.6. The van der Waals surface area contributed by atoms with Crippen LogP contribution in [0.15, 0.2) is 23.0 Å². The van der Waals surface area contributed by atoms with Gasteiger partial charge < -0.3 is 9.72 Å². The molecule has 0 radical (unpaired) electrons. The number of aromatic nitrogens is 2. The third kappa shape index (κ3) is 2.59. The van der Waals surface area contributed by atoms with E-state index in [1.165, 1.54) is 0 Å². The van der Waals surface area contributed by atoms with Crippen LogP contribution in [0.3, 0.4) is 0 Å². The third-order valence-corrected chi connectivity index (χ3v) is 3.39. The van der Waals surface area contributed by atoms with Crippen molar-refractivity contribution in [2.45, 2.75) is 33.6 Å². The van der Waals surface area contributed by atoms with E-state index in [1.807, 2.05) is 45.9 Å². The van der Waals surface area contributed by atoms with Gasteiger partial charge in [0.05, 0.1) is 7.11 Å². The molecule has 1 aromatic carbocycles. The lowest BCUT2D eigenvalue weighted by Crippen LogP contribution is -2.18. The monoisotopic (exact) mass is 272 g/mol. The topological polar surface area (TPSA) is 55.0 Å². The summed E-state index contributed by atoms with van der Waals surface area (Å²) >= 11 is 0. The summed E-state index contributed by atoms with van der Waals surface area (Å²) in [6.45, 7) is 7.84. The Morgan fingerprint density at radius 2 is 1.95 bits per heavy atom. The molecule has 0 fully saturated rings. The molecule has 106 valence electrons. The Balaban J connectivity index is 2.54. The van der Waals surface area contributed by atoms with Gasteiger partial charge in [0, 0.05) is 16.8 Å². The molecule has 2 rings (SSSR count). The molecule has 20 heavy (non-hydrogen) atoms. The summed E-state index contributed by atoms with van der Waals surface area (Å²) in [5.74, 6) is 1.59. The molecule has 0 saturated carbocycles. The van der Waals surface area contributed by atoms with Crippen molar-refractivity contribution in [3.63, 3.8) is 0 Å². The first kappa shape index (κ1) is 14.3. The summed E-state index contributed by atoms with van der Waals surface area (Å²) in [5.41, 5.74) is 3.37. The van der Waals surface area contributed by atoms with E-state index in [9.17, 15) is 4.79 Å². The molecular weight excluding hydrogens is 252 g/mol. The molecule has 1 heterocycles. The standard InChI is InChI=1S/C16H20N2O2/c1-9(2)14-11(4)17-15(18-16(14)19)12-6-7-13(20-5)10(3)8-12/h6-9H,1-5H3,(H,17,18,19). The van der Waals surface area contributed by atoms with Gasteiger partial charge in [0.25, 0.3) is 5.56 Å². The molecule has 4 heteroatoms. The fraction of sp³-hybridized carbons (Fsp3) is 0.375. The first-order chi connectivity index (χ1) is 9.43. The van der Waals surface area contributed by atoms with Crippen LogP contribution in [-0.2, 0) is 0 Å². The van der Waals surface area contributed by atoms with Gasteiger partial charge in [-0.1, -0.05) is 13.8 Å². The van der Waals surface area contributed by atoms with E-state index in [1.54, 1.807) is 7.11 Å². The van der Waals surface area contributed by atoms with Crippen LogP contribution in [0.25, 0.3) is 11.4 Å². The second-order valence-corrected chi connectivity index (χ2v) is 5.25. The minimum absolute atomic E-state index is 0.0593. The second-order valence-electron chi connectivity index (χ2n) is 5.25. The van der Waals surface area contributed by atoms with Gasteiger partial charge in [0.2, 0.25) is 0 Å². The van der Waals surface area contributed by atoms with Gasteiger partial charge in [0.1, 0.15) is 11.6 Å². The SMILES string of the molecule is COc1ccc(-c2nc(C)c(C(C)C)c(=O)[nH]2)cc1C. The van der Waals surface area contributed by atoms with E-state index in [0.29, 0.717) is 5.82 Å². The molecule has 2 aromatic rings. The number of rotatable bonds is 3. The quantitative estimate of drug-likeness (QED) is 0.933. The first-order valence-corrected chi connectivity index (χ1v) is 6.70. The maximum absolute atomic E-state index is 12.2. The molecule has 0 aliphatic heterocycles. The van der Waals surface area contributed by atoms with Crippen LogP contribution in [0.5, 0.6) is 5.75 Å². The third-order valence-electron chi connectivity index (χ3n) is 3.39. The zero-order valence-corrected chi connectivity index (χ0v) is 12.6. The van der Waals surface area contributed by atoms with Crippen LogP contribution in [0.1, 0.15) is 36.6 Å². The number of aryl methyl sites for hydroxylation is 2. The van der Waals surface area contributed by atoms with Crippen molar-refractivity contribution in [1.82, 2.24) is 9.97 Å². The van der Waals surface area contributed by atoms with Gasteiger partial charge in [-0.25, -0.2) is 4.98 Å². The van der Waals surface area contributed by atoms with Crippen LogP contribution in [0, 0.1) is 13.8 Å². The lowest BCUT2D eigenvalue weighted by atomic mass is 10.0. The number of methoxy groups -OCH3 is 1. The van der Waals surface area contributed by atoms with Crippen molar-refractivity contribution in [2.24, 2.45) is 0 Å². The zero-order chi connectivity index (χ0) is 14.9. The molecule has 0 aliphatic rings. The van der Waals surface area contributed by atoms with Crippen molar-refractivity contribution in [1.29, 1.82) is 0 Å². The summed E-state index contributed by atoms with van der Waals surface area (Å²) < 4.78 is 5.24. The molecule has 0 bridgehead atoms. The van der Waals surface area contributed by atoms with Gasteiger partial charge in [-0.3, -0.25) is 4.79 Å². The van der Waals surface area contributed by atoms with Crippen molar-refractivity contribution < 1.29 is 4.74 Å². The van der Waals surface area contributed by atoms with Gasteiger partial charge >= 0.3 is 0 Å². The Hall–Kier alpha value is -2.10. The van der Waals surface area contributed by atoms with Gasteiger partial charge in [-0.2, -0.15) is 0 Å². The van der Waals surface area contributed by atoms with Crippen LogP contribution in [-0.4, -0.2) is 17.1 Å². The predicted octanol–water partition coefficient (Wildman–Crippen LogP) is 3.19. The maximum atomic E-state index is 12.2. The largest absolute Gasteiger partial charge is 0.496 e. The van der Waals surface area contributed by atoms with Crippen LogP contribution in [0.2, 0.25) is 0 Å². The minimum atomic E-state index is -0.0593. The summed E-state index contributed by atoms with van der Waals surface area (Å²) in [6, 6.07) is 5.75. The molecule has 4 nitrogen and oxygen atoms in total. The van der Waals surface area contributed by atoms with E-state index >= 15 is 0 Å². The van der Waals surface area contributed by atoms with Crippen molar-refractivity contribution in [3.8, 4) is 17.1 Å². The fourth-order valence-electron chi connectivity index (χ4n) is 2.44. The molecule has 0 saturated heterocycles. The van der Waals surface area contributed by atoms with E-state index < -0.39 is 0 Å². The normalized spacial score (nSPS) is 10.9. The van der Waals surface area contributed by atoms with E-state index in [4.69, 9.17) is 4.74 Å². The minimum Gasteiger partial charge on any atom is -0.496 e. The molecule has 0 aliphatic carbocycles. The Labute approximate surface area is 118 Å². The Morgan fingerprint density at radius 1 is 1.25 bits per heavy atom. The number of hydrogen-bond acceptors (Lipinski definition) is 3. The van der Waals surface area contributed by atoms with E-state index in [2.05, 4.69) is 9.97 Å². The molecule has 0 unspecified atom stereocenters. The lowest BCUT2D eigenvalue weighted by molar-refractivity contribution is 0.412. The predicted molar refractivity (Wildman–Crippen MR) is 80.4 cm³/mol. The number of hydrogen-bond donors (Lipinski definition) is 1. The van der Waals surface area contributed by atoms with Crippen LogP contribution < -0.4 is 10.3 Å². The van der Waals surface area contributed by atoms with Gasteiger partial charge in [-0.15, -0.1) is 0 Å². The van der Waals surface area contributed by atoms with E-state index in [-0.39, 0.29) is 11.5 Å². The molecule has 1 N–H and O–H groups in total. The summed E-state index contributed by atoms with van der Waals surface area (Å²) in [6.07, 6.45) is 0. The molecular formula is C16H20N2O2. The highest BCUT2D eigenvalue weighted by atomic mass is 16.5. The highest BCUT2D eigenvalue weighted by molar-refractivity contribution is 5.58. The lowest BCUT2D eigenvalue weighted by Gasteiger charge is -2.11. The van der Waals surface area contributed by atoms with Crippen molar-refractivity contribution in [2.75, 3.05) is 7.11 Å². The second kappa shape index (κ2) is 5.49. The molecule has 0 spiro atoms. The van der Waals surface area contributed by atoms with Crippen molar-refractivity contribution >= 4 is 0 Å². The number of nitrogens with one attached hydrogen (secondary N) is 1. The Kier molecular flexibility index (Phi) is 3.93. The Bertz CT molecular complexity index is 687. The van der Waals surface area contributed by atoms with Gasteiger partial charge in [-0.05, 0) is 43.5 Å².